The zero-order valence-electron chi connectivity index (χ0n) is 14.0. The number of amides is 1. The van der Waals surface area contributed by atoms with E-state index in [-0.39, 0.29) is 11.4 Å². The number of aliphatic hydroxyl groups is 1. The summed E-state index contributed by atoms with van der Waals surface area (Å²) in [6.45, 7) is 1.69. The second-order valence-corrected chi connectivity index (χ2v) is 5.82. The molecule has 2 heterocycles. The fraction of sp³-hybridized carbons (Fsp3) is 0.278. The highest BCUT2D eigenvalue weighted by molar-refractivity contribution is 6.08. The van der Waals surface area contributed by atoms with Gasteiger partial charge in [0.1, 0.15) is 5.75 Å². The van der Waals surface area contributed by atoms with Crippen LogP contribution in [0.4, 0.5) is 0 Å². The molecule has 2 N–H and O–H groups in total. The van der Waals surface area contributed by atoms with Crippen LogP contribution in [0.5, 0.6) is 5.75 Å². The van der Waals surface area contributed by atoms with Crippen LogP contribution in [0.2, 0.25) is 0 Å². The summed E-state index contributed by atoms with van der Waals surface area (Å²) in [6, 6.07) is 6.52. The Bertz CT molecular complexity index is 827. The molecule has 0 unspecified atom stereocenters. The number of aromatic nitrogens is 2. The van der Waals surface area contributed by atoms with E-state index in [1.807, 2.05) is 6.07 Å². The highest BCUT2D eigenvalue weighted by Gasteiger charge is 2.42. The number of ether oxygens (including phenoxy) is 1. The summed E-state index contributed by atoms with van der Waals surface area (Å²) in [5.41, 5.74) is 1.70. The fourth-order valence-corrected chi connectivity index (χ4v) is 3.06. The molecule has 1 aliphatic rings. The molecule has 1 atom stereocenters. The van der Waals surface area contributed by atoms with Crippen molar-refractivity contribution in [1.29, 1.82) is 0 Å². The van der Waals surface area contributed by atoms with Gasteiger partial charge in [-0.1, -0.05) is 12.1 Å². The summed E-state index contributed by atoms with van der Waals surface area (Å²) >= 11 is 0. The lowest BCUT2D eigenvalue weighted by atomic mass is 9.96. The van der Waals surface area contributed by atoms with Gasteiger partial charge in [0.15, 0.2) is 11.5 Å². The van der Waals surface area contributed by atoms with E-state index >= 15 is 0 Å². The predicted octanol–water partition coefficient (Wildman–Crippen LogP) is 1.95. The summed E-state index contributed by atoms with van der Waals surface area (Å²) < 4.78 is 5.24. The molecule has 7 heteroatoms. The first-order valence-corrected chi connectivity index (χ1v) is 7.89. The number of nitrogens with one attached hydrogen (secondary N) is 1. The van der Waals surface area contributed by atoms with Crippen LogP contribution in [0, 0.1) is 0 Å². The Labute approximate surface area is 144 Å². The molecule has 3 rings (SSSR count). The average Bonchev–Trinajstić information content (AvgIpc) is 3.21. The fourth-order valence-electron chi connectivity index (χ4n) is 3.06. The summed E-state index contributed by atoms with van der Waals surface area (Å²) in [7, 11) is 1.55. The minimum absolute atomic E-state index is 0.114. The van der Waals surface area contributed by atoms with Gasteiger partial charge < -0.3 is 19.7 Å². The van der Waals surface area contributed by atoms with E-state index < -0.39 is 17.7 Å². The standard InChI is InChI=1S/C18H19N3O4/c1-11(22)15-16(12-4-3-5-14(8-12)25-2)21(18(24)17(15)23)7-6-13-9-19-10-20-13/h3-5,8-10,16,23H,6-7H2,1-2H3,(H,19,20)/t16-/m0/s1. The Balaban J connectivity index is 1.97. The van der Waals surface area contributed by atoms with Crippen molar-refractivity contribution >= 4 is 11.7 Å². The lowest BCUT2D eigenvalue weighted by molar-refractivity contribution is -0.129. The van der Waals surface area contributed by atoms with Gasteiger partial charge in [-0.3, -0.25) is 9.59 Å². The number of imidazole rings is 1. The van der Waals surface area contributed by atoms with Gasteiger partial charge in [0, 0.05) is 24.9 Å². The normalized spacial score (nSPS) is 17.3. The van der Waals surface area contributed by atoms with Crippen LogP contribution in [0.15, 0.2) is 48.1 Å². The Kier molecular flexibility index (Phi) is 4.56. The largest absolute Gasteiger partial charge is 0.503 e. The third-order valence-electron chi connectivity index (χ3n) is 4.27. The molecule has 0 spiro atoms. The van der Waals surface area contributed by atoms with Crippen LogP contribution in [0.25, 0.3) is 0 Å². The Morgan fingerprint density at radius 2 is 2.24 bits per heavy atom. The second-order valence-electron chi connectivity index (χ2n) is 5.82. The minimum Gasteiger partial charge on any atom is -0.503 e. The molecular weight excluding hydrogens is 322 g/mol. The van der Waals surface area contributed by atoms with E-state index in [0.717, 1.165) is 5.69 Å². The number of ketones is 1. The number of carbonyl (C=O) groups excluding carboxylic acids is 2. The molecule has 7 nitrogen and oxygen atoms in total. The maximum absolute atomic E-state index is 12.5. The summed E-state index contributed by atoms with van der Waals surface area (Å²) in [5, 5.41) is 10.2. The Hall–Kier alpha value is -3.09. The molecule has 1 amide bonds. The lowest BCUT2D eigenvalue weighted by Crippen LogP contribution is -2.33. The van der Waals surface area contributed by atoms with E-state index in [1.165, 1.54) is 11.8 Å². The van der Waals surface area contributed by atoms with Gasteiger partial charge in [-0.25, -0.2) is 4.98 Å². The molecule has 2 aromatic rings. The number of methoxy groups -OCH3 is 1. The Morgan fingerprint density at radius 3 is 2.88 bits per heavy atom. The second kappa shape index (κ2) is 6.80. The van der Waals surface area contributed by atoms with Crippen molar-refractivity contribution in [1.82, 2.24) is 14.9 Å². The molecule has 0 bridgehead atoms. The summed E-state index contributed by atoms with van der Waals surface area (Å²) in [5.74, 6) is -0.738. The van der Waals surface area contributed by atoms with E-state index in [4.69, 9.17) is 4.74 Å². The van der Waals surface area contributed by atoms with Gasteiger partial charge in [-0.15, -0.1) is 0 Å². The quantitative estimate of drug-likeness (QED) is 0.837. The van der Waals surface area contributed by atoms with Crippen LogP contribution in [0.1, 0.15) is 24.2 Å². The van der Waals surface area contributed by atoms with Crippen molar-refractivity contribution in [3.8, 4) is 5.75 Å². The third-order valence-corrected chi connectivity index (χ3v) is 4.27. The number of aliphatic hydroxyl groups excluding tert-OH is 1. The molecule has 0 aliphatic carbocycles. The van der Waals surface area contributed by atoms with Crippen LogP contribution >= 0.6 is 0 Å². The molecular formula is C18H19N3O4. The van der Waals surface area contributed by atoms with Crippen molar-refractivity contribution in [3.63, 3.8) is 0 Å². The van der Waals surface area contributed by atoms with Crippen LogP contribution in [-0.2, 0) is 16.0 Å². The first-order valence-electron chi connectivity index (χ1n) is 7.89. The van der Waals surface area contributed by atoms with Crippen LogP contribution in [0.3, 0.4) is 0 Å². The van der Waals surface area contributed by atoms with Crippen LogP contribution < -0.4 is 4.74 Å². The molecule has 25 heavy (non-hydrogen) atoms. The minimum atomic E-state index is -0.636. The van der Waals surface area contributed by atoms with Crippen molar-refractivity contribution < 1.29 is 19.4 Å². The molecule has 1 aliphatic heterocycles. The summed E-state index contributed by atoms with van der Waals surface area (Å²) in [6.07, 6.45) is 3.78. The van der Waals surface area contributed by atoms with Crippen molar-refractivity contribution in [2.24, 2.45) is 0 Å². The number of carbonyl (C=O) groups is 2. The van der Waals surface area contributed by atoms with E-state index in [0.29, 0.717) is 24.3 Å². The van der Waals surface area contributed by atoms with Crippen molar-refractivity contribution in [3.05, 3.63) is 59.4 Å². The number of benzene rings is 1. The zero-order valence-corrected chi connectivity index (χ0v) is 14.0. The number of H-pyrrole nitrogens is 1. The van der Waals surface area contributed by atoms with Crippen LogP contribution in [-0.4, -0.2) is 45.3 Å². The molecule has 0 fully saturated rings. The van der Waals surface area contributed by atoms with Gasteiger partial charge in [0.2, 0.25) is 0 Å². The average molecular weight is 341 g/mol. The number of hydrogen-bond donors (Lipinski definition) is 2. The molecule has 130 valence electrons. The maximum Gasteiger partial charge on any atom is 0.290 e. The number of nitrogens with zero attached hydrogens (tertiary/aromatic N) is 2. The molecule has 0 radical (unpaired) electrons. The van der Waals surface area contributed by atoms with Gasteiger partial charge in [-0.2, -0.15) is 0 Å². The van der Waals surface area contributed by atoms with Gasteiger partial charge in [0.25, 0.3) is 5.91 Å². The van der Waals surface area contributed by atoms with Gasteiger partial charge in [-0.05, 0) is 24.6 Å². The third kappa shape index (κ3) is 3.13. The molecule has 0 saturated carbocycles. The molecule has 1 aromatic heterocycles. The van der Waals surface area contributed by atoms with Gasteiger partial charge >= 0.3 is 0 Å². The van der Waals surface area contributed by atoms with E-state index in [2.05, 4.69) is 9.97 Å². The number of aromatic amines is 1. The highest BCUT2D eigenvalue weighted by Crippen LogP contribution is 2.38. The highest BCUT2D eigenvalue weighted by atomic mass is 16.5. The SMILES string of the molecule is COc1cccc([C@H]2C(C(C)=O)=C(O)C(=O)N2CCc2cnc[nH]2)c1. The maximum atomic E-state index is 12.5. The lowest BCUT2D eigenvalue weighted by Gasteiger charge is -2.26. The monoisotopic (exact) mass is 341 g/mol. The first kappa shape index (κ1) is 16.8. The predicted molar refractivity (Wildman–Crippen MR) is 90.1 cm³/mol. The van der Waals surface area contributed by atoms with E-state index in [1.54, 1.807) is 37.8 Å². The molecule has 0 saturated heterocycles. The van der Waals surface area contributed by atoms with E-state index in [9.17, 15) is 14.7 Å². The number of hydrogen-bond acceptors (Lipinski definition) is 5. The topological polar surface area (TPSA) is 95.5 Å². The van der Waals surface area contributed by atoms with Crippen molar-refractivity contribution in [2.75, 3.05) is 13.7 Å². The Morgan fingerprint density at radius 1 is 1.44 bits per heavy atom. The zero-order chi connectivity index (χ0) is 18.0. The smallest absolute Gasteiger partial charge is 0.290 e. The van der Waals surface area contributed by atoms with Gasteiger partial charge in [0.05, 0.1) is 25.1 Å². The van der Waals surface area contributed by atoms with Crippen molar-refractivity contribution in [2.45, 2.75) is 19.4 Å². The number of Topliss-reactive ketones (excluding diaryl/α,β-unsaturated/α-hetero) is 1. The summed E-state index contributed by atoms with van der Waals surface area (Å²) in [4.78, 5) is 33.0. The number of rotatable bonds is 6. The first-order chi connectivity index (χ1) is 12.0. The molecule has 1 aromatic carbocycles.